The summed E-state index contributed by atoms with van der Waals surface area (Å²) in [7, 11) is 0. The Morgan fingerprint density at radius 1 is 0.750 bits per heavy atom. The molecule has 0 saturated heterocycles. The second-order valence-corrected chi connectivity index (χ2v) is 5.18. The summed E-state index contributed by atoms with van der Waals surface area (Å²) in [5.41, 5.74) is 3.52. The van der Waals surface area contributed by atoms with Crippen LogP contribution in [0.2, 0.25) is 10.0 Å². The molecule has 0 aliphatic rings. The van der Waals surface area contributed by atoms with Gasteiger partial charge in [-0.3, -0.25) is 4.98 Å². The third kappa shape index (κ3) is 2.82. The number of rotatable bonds is 2. The fourth-order valence-electron chi connectivity index (χ4n) is 1.93. The first kappa shape index (κ1) is 13.1. The summed E-state index contributed by atoms with van der Waals surface area (Å²) >= 11 is 12.1. The Morgan fingerprint density at radius 3 is 2.10 bits per heavy atom. The number of benzene rings is 1. The molecule has 0 aliphatic heterocycles. The average molecular weight is 301 g/mol. The van der Waals surface area contributed by atoms with E-state index >= 15 is 0 Å². The van der Waals surface area contributed by atoms with Crippen LogP contribution in [0.3, 0.4) is 0 Å². The summed E-state index contributed by atoms with van der Waals surface area (Å²) < 4.78 is 0. The van der Waals surface area contributed by atoms with Gasteiger partial charge in [0.1, 0.15) is 0 Å². The van der Waals surface area contributed by atoms with Crippen molar-refractivity contribution in [2.45, 2.75) is 0 Å². The molecule has 0 fully saturated rings. The summed E-state index contributed by atoms with van der Waals surface area (Å²) in [5.74, 6) is 0. The fourth-order valence-corrected chi connectivity index (χ4v) is 2.26. The van der Waals surface area contributed by atoms with Crippen LogP contribution >= 0.6 is 23.2 Å². The summed E-state index contributed by atoms with van der Waals surface area (Å²) in [6.07, 6.45) is 3.50. The van der Waals surface area contributed by atoms with Crippen LogP contribution in [0.4, 0.5) is 0 Å². The van der Waals surface area contributed by atoms with Crippen molar-refractivity contribution in [3.8, 4) is 22.5 Å². The molecule has 0 radical (unpaired) electrons. The molecule has 2 nitrogen and oxygen atoms in total. The monoisotopic (exact) mass is 300 g/mol. The Kier molecular flexibility index (Phi) is 3.68. The van der Waals surface area contributed by atoms with Gasteiger partial charge in [-0.1, -0.05) is 35.3 Å². The molecule has 1 aromatic carbocycles. The Hall–Kier alpha value is -1.90. The van der Waals surface area contributed by atoms with Crippen molar-refractivity contribution in [1.29, 1.82) is 0 Å². The van der Waals surface area contributed by atoms with Crippen LogP contribution in [-0.2, 0) is 0 Å². The number of pyridine rings is 2. The standard InChI is InChI=1S/C16H10Cl2N2/c17-13-5-3-11(4-6-13)15-8-14(18)9-16(20-15)12-2-1-7-19-10-12/h1-10H. The van der Waals surface area contributed by atoms with Gasteiger partial charge in [0.2, 0.25) is 0 Å². The molecule has 2 aromatic heterocycles. The highest BCUT2D eigenvalue weighted by Gasteiger charge is 2.06. The number of hydrogen-bond donors (Lipinski definition) is 0. The lowest BCUT2D eigenvalue weighted by atomic mass is 10.1. The Morgan fingerprint density at radius 2 is 1.45 bits per heavy atom. The van der Waals surface area contributed by atoms with Crippen molar-refractivity contribution < 1.29 is 0 Å². The van der Waals surface area contributed by atoms with Gasteiger partial charge in [0.05, 0.1) is 11.4 Å². The molecule has 20 heavy (non-hydrogen) atoms. The van der Waals surface area contributed by atoms with Crippen LogP contribution in [0.5, 0.6) is 0 Å². The Bertz CT molecular complexity index is 725. The minimum absolute atomic E-state index is 0.642. The zero-order valence-corrected chi connectivity index (χ0v) is 11.9. The van der Waals surface area contributed by atoms with Crippen LogP contribution in [0, 0.1) is 0 Å². The van der Waals surface area contributed by atoms with E-state index < -0.39 is 0 Å². The molecule has 2 heterocycles. The quantitative estimate of drug-likeness (QED) is 0.656. The minimum Gasteiger partial charge on any atom is -0.264 e. The second kappa shape index (κ2) is 5.61. The molecule has 3 aromatic rings. The van der Waals surface area contributed by atoms with Crippen LogP contribution in [-0.4, -0.2) is 9.97 Å². The normalized spacial score (nSPS) is 10.5. The maximum absolute atomic E-state index is 6.19. The van der Waals surface area contributed by atoms with E-state index in [2.05, 4.69) is 9.97 Å². The lowest BCUT2D eigenvalue weighted by Gasteiger charge is -2.06. The van der Waals surface area contributed by atoms with E-state index in [1.807, 2.05) is 48.5 Å². The SMILES string of the molecule is Clc1ccc(-c2cc(Cl)cc(-c3cccnc3)n2)cc1. The summed E-state index contributed by atoms with van der Waals surface area (Å²) in [4.78, 5) is 8.74. The molecular weight excluding hydrogens is 291 g/mol. The second-order valence-electron chi connectivity index (χ2n) is 4.30. The lowest BCUT2D eigenvalue weighted by molar-refractivity contribution is 1.28. The van der Waals surface area contributed by atoms with E-state index in [0.29, 0.717) is 10.0 Å². The Labute approximate surface area is 127 Å². The van der Waals surface area contributed by atoms with Crippen molar-refractivity contribution in [3.63, 3.8) is 0 Å². The van der Waals surface area contributed by atoms with Crippen molar-refractivity contribution in [3.05, 3.63) is 71.0 Å². The molecule has 3 rings (SSSR count). The van der Waals surface area contributed by atoms with Gasteiger partial charge < -0.3 is 0 Å². The van der Waals surface area contributed by atoms with E-state index in [4.69, 9.17) is 23.2 Å². The third-order valence-electron chi connectivity index (χ3n) is 2.89. The summed E-state index contributed by atoms with van der Waals surface area (Å²) in [5, 5.41) is 1.34. The molecule has 0 N–H and O–H groups in total. The van der Waals surface area contributed by atoms with E-state index in [9.17, 15) is 0 Å². The first-order valence-electron chi connectivity index (χ1n) is 6.06. The predicted molar refractivity (Wildman–Crippen MR) is 82.9 cm³/mol. The highest BCUT2D eigenvalue weighted by atomic mass is 35.5. The number of aromatic nitrogens is 2. The third-order valence-corrected chi connectivity index (χ3v) is 3.36. The molecule has 0 spiro atoms. The highest BCUT2D eigenvalue weighted by Crippen LogP contribution is 2.27. The van der Waals surface area contributed by atoms with Gasteiger partial charge in [0.15, 0.2) is 0 Å². The molecule has 0 aliphatic carbocycles. The zero-order valence-electron chi connectivity index (χ0n) is 10.4. The average Bonchev–Trinajstić information content (AvgIpc) is 2.48. The van der Waals surface area contributed by atoms with E-state index in [-0.39, 0.29) is 0 Å². The van der Waals surface area contributed by atoms with Crippen LogP contribution < -0.4 is 0 Å². The first-order valence-corrected chi connectivity index (χ1v) is 6.82. The zero-order chi connectivity index (χ0) is 13.9. The predicted octanol–water partition coefficient (Wildman–Crippen LogP) is 5.12. The van der Waals surface area contributed by atoms with Crippen molar-refractivity contribution in [1.82, 2.24) is 9.97 Å². The summed E-state index contributed by atoms with van der Waals surface area (Å²) in [6.45, 7) is 0. The van der Waals surface area contributed by atoms with E-state index in [1.54, 1.807) is 12.4 Å². The molecule has 0 amide bonds. The smallest absolute Gasteiger partial charge is 0.0739 e. The number of halogens is 2. The molecule has 0 atom stereocenters. The fraction of sp³-hybridized carbons (Fsp3) is 0. The molecular formula is C16H10Cl2N2. The largest absolute Gasteiger partial charge is 0.264 e. The van der Waals surface area contributed by atoms with Gasteiger partial charge in [-0.2, -0.15) is 0 Å². The molecule has 0 bridgehead atoms. The first-order chi connectivity index (χ1) is 9.72. The highest BCUT2D eigenvalue weighted by molar-refractivity contribution is 6.31. The molecule has 98 valence electrons. The van der Waals surface area contributed by atoms with Gasteiger partial charge >= 0.3 is 0 Å². The Balaban J connectivity index is 2.09. The van der Waals surface area contributed by atoms with Gasteiger partial charge in [-0.05, 0) is 36.4 Å². The van der Waals surface area contributed by atoms with Gasteiger partial charge in [-0.25, -0.2) is 4.98 Å². The molecule has 0 unspecified atom stereocenters. The van der Waals surface area contributed by atoms with Crippen LogP contribution in [0.15, 0.2) is 60.9 Å². The number of hydrogen-bond acceptors (Lipinski definition) is 2. The maximum Gasteiger partial charge on any atom is 0.0739 e. The van der Waals surface area contributed by atoms with Crippen molar-refractivity contribution >= 4 is 23.2 Å². The van der Waals surface area contributed by atoms with Gasteiger partial charge in [-0.15, -0.1) is 0 Å². The maximum atomic E-state index is 6.19. The van der Waals surface area contributed by atoms with Gasteiger partial charge in [0.25, 0.3) is 0 Å². The molecule has 0 saturated carbocycles. The minimum atomic E-state index is 0.642. The van der Waals surface area contributed by atoms with Crippen molar-refractivity contribution in [2.75, 3.05) is 0 Å². The van der Waals surface area contributed by atoms with Crippen LogP contribution in [0.1, 0.15) is 0 Å². The molecule has 4 heteroatoms. The van der Waals surface area contributed by atoms with E-state index in [1.165, 1.54) is 0 Å². The van der Waals surface area contributed by atoms with Gasteiger partial charge in [0, 0.05) is 33.6 Å². The van der Waals surface area contributed by atoms with Crippen LogP contribution in [0.25, 0.3) is 22.5 Å². The van der Waals surface area contributed by atoms with E-state index in [0.717, 1.165) is 22.5 Å². The number of nitrogens with zero attached hydrogens (tertiary/aromatic N) is 2. The summed E-state index contributed by atoms with van der Waals surface area (Å²) in [6, 6.07) is 15.0. The topological polar surface area (TPSA) is 25.8 Å². The lowest BCUT2D eigenvalue weighted by Crippen LogP contribution is -1.89. The van der Waals surface area contributed by atoms with Crippen molar-refractivity contribution in [2.24, 2.45) is 0 Å².